The van der Waals surface area contributed by atoms with E-state index in [0.29, 0.717) is 3.57 Å². The van der Waals surface area contributed by atoms with Crippen molar-refractivity contribution in [3.63, 3.8) is 0 Å². The molecule has 3 aromatic rings. The lowest BCUT2D eigenvalue weighted by atomic mass is 10.2. The molecule has 3 rings (SSSR count). The Morgan fingerprint density at radius 3 is 2.78 bits per heavy atom. The molecule has 4 N–H and O–H groups in total. The molecule has 0 spiro atoms. The van der Waals surface area contributed by atoms with Crippen LogP contribution in [0.1, 0.15) is 10.4 Å². The summed E-state index contributed by atoms with van der Waals surface area (Å²) in [7, 11) is 0. The van der Waals surface area contributed by atoms with Crippen molar-refractivity contribution < 1.29 is 28.6 Å². The molecule has 0 unspecified atom stereocenters. The number of halogens is 3. The second-order valence-electron chi connectivity index (χ2n) is 5.38. The smallest absolute Gasteiger partial charge is 0.278 e. The van der Waals surface area contributed by atoms with E-state index in [9.17, 15) is 13.6 Å². The summed E-state index contributed by atoms with van der Waals surface area (Å²) < 4.78 is 30.4. The van der Waals surface area contributed by atoms with Gasteiger partial charge in [0.05, 0.1) is 17.4 Å². The Labute approximate surface area is 164 Å². The number of fused-ring (bicyclic) bond motifs is 1. The van der Waals surface area contributed by atoms with Gasteiger partial charge in [-0.2, -0.15) is 0 Å². The van der Waals surface area contributed by atoms with Crippen LogP contribution < -0.4 is 10.8 Å². The summed E-state index contributed by atoms with van der Waals surface area (Å²) in [4.78, 5) is 20.8. The van der Waals surface area contributed by atoms with Crippen LogP contribution in [-0.4, -0.2) is 38.4 Å². The fourth-order valence-corrected chi connectivity index (χ4v) is 2.76. The molecule has 8 nitrogen and oxygen atoms in total. The van der Waals surface area contributed by atoms with Crippen LogP contribution in [0, 0.1) is 15.2 Å². The zero-order valence-corrected chi connectivity index (χ0v) is 15.6. The van der Waals surface area contributed by atoms with Crippen LogP contribution in [0.15, 0.2) is 36.8 Å². The Kier molecular flexibility index (Phi) is 5.84. The van der Waals surface area contributed by atoms with Crippen LogP contribution in [0.5, 0.6) is 0 Å². The first-order chi connectivity index (χ1) is 12.9. The van der Waals surface area contributed by atoms with E-state index in [-0.39, 0.29) is 22.6 Å². The molecule has 0 radical (unpaired) electrons. The molecule has 2 heterocycles. The minimum atomic E-state index is -1.79. The fourth-order valence-electron chi connectivity index (χ4n) is 2.30. The first-order valence-corrected chi connectivity index (χ1v) is 8.59. The summed E-state index contributed by atoms with van der Waals surface area (Å²) in [6, 6.07) is 5.37. The number of amides is 1. The quantitative estimate of drug-likeness (QED) is 0.239. The predicted molar refractivity (Wildman–Crippen MR) is 99.2 cm³/mol. The maximum atomic E-state index is 14.3. The molecule has 0 atom stereocenters. The SMILES string of the molecule is O=C(NOCC(O)O)c1cc(F)c2cncn2c1Nc1ccc(I)cc1F. The van der Waals surface area contributed by atoms with E-state index in [0.717, 1.165) is 6.07 Å². The molecular formula is C16H13F2IN4O4. The molecule has 1 amide bonds. The molecule has 0 aliphatic rings. The Balaban J connectivity index is 2.02. The van der Waals surface area contributed by atoms with E-state index in [1.165, 1.54) is 29.1 Å². The number of hydrogen-bond acceptors (Lipinski definition) is 6. The summed E-state index contributed by atoms with van der Waals surface area (Å²) in [6.45, 7) is -0.587. The van der Waals surface area contributed by atoms with Crippen molar-refractivity contribution in [1.82, 2.24) is 14.9 Å². The van der Waals surface area contributed by atoms with Crippen LogP contribution in [0.25, 0.3) is 5.52 Å². The fraction of sp³-hybridized carbons (Fsp3) is 0.125. The molecular weight excluding hydrogens is 477 g/mol. The highest BCUT2D eigenvalue weighted by molar-refractivity contribution is 14.1. The van der Waals surface area contributed by atoms with Crippen molar-refractivity contribution in [3.05, 3.63) is 57.6 Å². The van der Waals surface area contributed by atoms with E-state index in [2.05, 4.69) is 15.1 Å². The number of aromatic nitrogens is 2. The number of aliphatic hydroxyl groups excluding tert-OH is 1. The molecule has 1 aromatic carbocycles. The summed E-state index contributed by atoms with van der Waals surface area (Å²) in [5.74, 6) is -2.12. The number of carbonyl (C=O) groups is 1. The third-order valence-corrected chi connectivity index (χ3v) is 4.15. The number of anilines is 2. The molecule has 0 saturated heterocycles. The average molecular weight is 490 g/mol. The molecule has 27 heavy (non-hydrogen) atoms. The van der Waals surface area contributed by atoms with E-state index in [1.807, 2.05) is 28.1 Å². The van der Waals surface area contributed by atoms with Crippen molar-refractivity contribution in [2.24, 2.45) is 0 Å². The van der Waals surface area contributed by atoms with Gasteiger partial charge in [0.25, 0.3) is 5.91 Å². The standard InChI is InChI=1S/C16H13F2IN4O4/c17-10-3-8(19)1-2-12(10)21-15-9(16(26)22-27-6-14(24)25)4-11(18)13-5-20-7-23(13)15/h1-5,7,14,21,24-25H,6H2,(H,22,26). The number of nitrogens with zero attached hydrogens (tertiary/aromatic N) is 2. The van der Waals surface area contributed by atoms with Gasteiger partial charge in [-0.05, 0) is 46.9 Å². The number of aliphatic hydroxyl groups is 2. The second-order valence-corrected chi connectivity index (χ2v) is 6.62. The molecule has 0 bridgehead atoms. The van der Waals surface area contributed by atoms with Gasteiger partial charge in [0.1, 0.15) is 35.9 Å². The molecule has 0 saturated carbocycles. The lowest BCUT2D eigenvalue weighted by Gasteiger charge is -2.16. The van der Waals surface area contributed by atoms with Gasteiger partial charge >= 0.3 is 0 Å². The number of benzene rings is 1. The first kappa shape index (κ1) is 19.4. The number of hydroxylamine groups is 1. The van der Waals surface area contributed by atoms with E-state index >= 15 is 0 Å². The number of pyridine rings is 1. The molecule has 0 aliphatic carbocycles. The normalized spacial score (nSPS) is 11.2. The maximum absolute atomic E-state index is 14.3. The van der Waals surface area contributed by atoms with Gasteiger partial charge in [-0.1, -0.05) is 0 Å². The first-order valence-electron chi connectivity index (χ1n) is 7.51. The van der Waals surface area contributed by atoms with Crippen LogP contribution in [-0.2, 0) is 4.84 Å². The molecule has 0 aliphatic heterocycles. The third kappa shape index (κ3) is 4.32. The van der Waals surface area contributed by atoms with Crippen molar-refractivity contribution in [3.8, 4) is 0 Å². The monoisotopic (exact) mass is 490 g/mol. The van der Waals surface area contributed by atoms with Gasteiger partial charge in [-0.15, -0.1) is 0 Å². The maximum Gasteiger partial charge on any atom is 0.278 e. The highest BCUT2D eigenvalue weighted by atomic mass is 127. The molecule has 0 fully saturated rings. The Morgan fingerprint density at radius 1 is 1.30 bits per heavy atom. The van der Waals surface area contributed by atoms with Crippen molar-refractivity contribution in [2.75, 3.05) is 11.9 Å². The molecule has 11 heteroatoms. The highest BCUT2D eigenvalue weighted by Crippen LogP contribution is 2.27. The van der Waals surface area contributed by atoms with Crippen LogP contribution >= 0.6 is 22.6 Å². The van der Waals surface area contributed by atoms with Crippen molar-refractivity contribution >= 4 is 45.5 Å². The Morgan fingerprint density at radius 2 is 2.07 bits per heavy atom. The van der Waals surface area contributed by atoms with Gasteiger partial charge in [0.15, 0.2) is 6.29 Å². The van der Waals surface area contributed by atoms with Gasteiger partial charge in [-0.25, -0.2) is 19.2 Å². The van der Waals surface area contributed by atoms with Crippen LogP contribution in [0.2, 0.25) is 0 Å². The second kappa shape index (κ2) is 8.12. The summed E-state index contributed by atoms with van der Waals surface area (Å²) >= 11 is 1.95. The lowest BCUT2D eigenvalue weighted by Crippen LogP contribution is -2.29. The van der Waals surface area contributed by atoms with Crippen molar-refractivity contribution in [1.29, 1.82) is 0 Å². The zero-order chi connectivity index (χ0) is 19.6. The number of hydrogen-bond donors (Lipinski definition) is 4. The van der Waals surface area contributed by atoms with Gasteiger partial charge in [0, 0.05) is 3.57 Å². The molecule has 2 aromatic heterocycles. The number of nitrogens with one attached hydrogen (secondary N) is 2. The summed E-state index contributed by atoms with van der Waals surface area (Å²) in [5, 5.41) is 20.3. The Hall–Kier alpha value is -2.35. The topological polar surface area (TPSA) is 108 Å². The number of carbonyl (C=O) groups excluding carboxylic acids is 1. The predicted octanol–water partition coefficient (Wildman–Crippen LogP) is 1.93. The van der Waals surface area contributed by atoms with Gasteiger partial charge in [-0.3, -0.25) is 14.0 Å². The van der Waals surface area contributed by atoms with E-state index < -0.39 is 30.4 Å². The van der Waals surface area contributed by atoms with Crippen molar-refractivity contribution in [2.45, 2.75) is 6.29 Å². The van der Waals surface area contributed by atoms with E-state index in [4.69, 9.17) is 10.2 Å². The minimum Gasteiger partial charge on any atom is -0.366 e. The lowest BCUT2D eigenvalue weighted by molar-refractivity contribution is -0.111. The van der Waals surface area contributed by atoms with Crippen LogP contribution in [0.3, 0.4) is 0 Å². The Bertz CT molecular complexity index is 996. The third-order valence-electron chi connectivity index (χ3n) is 3.48. The number of imidazole rings is 1. The van der Waals surface area contributed by atoms with Gasteiger partial charge < -0.3 is 15.5 Å². The van der Waals surface area contributed by atoms with Gasteiger partial charge in [0.2, 0.25) is 0 Å². The largest absolute Gasteiger partial charge is 0.366 e. The average Bonchev–Trinajstić information content (AvgIpc) is 3.09. The number of rotatable bonds is 6. The van der Waals surface area contributed by atoms with Crippen LogP contribution in [0.4, 0.5) is 20.3 Å². The highest BCUT2D eigenvalue weighted by Gasteiger charge is 2.20. The van der Waals surface area contributed by atoms with E-state index in [1.54, 1.807) is 6.07 Å². The summed E-state index contributed by atoms with van der Waals surface area (Å²) in [6.07, 6.45) is 0.725. The zero-order valence-electron chi connectivity index (χ0n) is 13.5. The summed E-state index contributed by atoms with van der Waals surface area (Å²) in [5.41, 5.74) is 1.91. The minimum absolute atomic E-state index is 0.0506. The molecule has 142 valence electrons.